The van der Waals surface area contributed by atoms with Crippen molar-refractivity contribution in [3.63, 3.8) is 0 Å². The summed E-state index contributed by atoms with van der Waals surface area (Å²) in [6.07, 6.45) is 2.71. The maximum absolute atomic E-state index is 15.4. The number of hydrogen-bond acceptors (Lipinski definition) is 9. The topological polar surface area (TPSA) is 185 Å². The largest absolute Gasteiger partial charge is 0.475 e. The minimum absolute atomic E-state index is 0.0763. The second-order valence-corrected chi connectivity index (χ2v) is 19.9. The molecule has 4 aliphatic rings. The molecule has 2 saturated carbocycles. The van der Waals surface area contributed by atoms with Crippen LogP contribution in [-0.2, 0) is 24.4 Å². The fourth-order valence-corrected chi connectivity index (χ4v) is 9.89. The highest BCUT2D eigenvalue weighted by Crippen LogP contribution is 2.47. The van der Waals surface area contributed by atoms with Gasteiger partial charge in [-0.05, 0) is 90.2 Å². The lowest BCUT2D eigenvalue weighted by Crippen LogP contribution is -2.66. The summed E-state index contributed by atoms with van der Waals surface area (Å²) in [5, 5.41) is 14.2. The quantitative estimate of drug-likeness (QED) is 0.229. The molecule has 2 aliphatic heterocycles. The van der Waals surface area contributed by atoms with Gasteiger partial charge in [-0.3, -0.25) is 24.0 Å². The van der Waals surface area contributed by atoms with Gasteiger partial charge in [-0.2, -0.15) is 4.98 Å². The summed E-state index contributed by atoms with van der Waals surface area (Å²) in [5.74, 6) is -7.44. The van der Waals surface area contributed by atoms with Crippen molar-refractivity contribution in [3.05, 3.63) is 41.4 Å². The third-order valence-corrected chi connectivity index (χ3v) is 14.3. The third kappa shape index (κ3) is 9.10. The summed E-state index contributed by atoms with van der Waals surface area (Å²) in [6, 6.07) is 3.68. The third-order valence-electron chi connectivity index (χ3n) is 12.1. The van der Waals surface area contributed by atoms with Crippen LogP contribution < -0.4 is 19.5 Å². The van der Waals surface area contributed by atoms with Gasteiger partial charge in [0.15, 0.2) is 0 Å². The van der Waals surface area contributed by atoms with Gasteiger partial charge >= 0.3 is 6.09 Å². The average Bonchev–Trinajstić information content (AvgIpc) is 4.05. The Labute approximate surface area is 348 Å². The first-order valence-electron chi connectivity index (χ1n) is 20.1. The molecular weight excluding hydrogens is 812 g/mol. The maximum atomic E-state index is 15.4. The van der Waals surface area contributed by atoms with E-state index in [1.54, 1.807) is 37.3 Å². The molecule has 3 fully saturated rings. The summed E-state index contributed by atoms with van der Waals surface area (Å²) in [6.45, 7) is 9.60. The van der Waals surface area contributed by atoms with Crippen molar-refractivity contribution in [1.29, 1.82) is 0 Å². The summed E-state index contributed by atoms with van der Waals surface area (Å²) < 4.78 is 71.2. The monoisotopic (exact) mass is 865 g/mol. The van der Waals surface area contributed by atoms with Gasteiger partial charge < -0.3 is 24.8 Å². The zero-order chi connectivity index (χ0) is 43.4. The number of carbonyl (C=O) groups excluding carboxylic acids is 3. The first-order chi connectivity index (χ1) is 27.5. The van der Waals surface area contributed by atoms with Gasteiger partial charge in [-0.15, -0.1) is 0 Å². The van der Waals surface area contributed by atoms with Gasteiger partial charge in [0.05, 0.1) is 17.9 Å². The molecule has 59 heavy (non-hydrogen) atoms. The molecule has 0 unspecified atom stereocenters. The molecule has 0 bridgehead atoms. The summed E-state index contributed by atoms with van der Waals surface area (Å²) in [4.78, 5) is 63.0. The Kier molecular flexibility index (Phi) is 12.3. The minimum atomic E-state index is -4.01. The Balaban J connectivity index is 1.44. The van der Waals surface area contributed by atoms with Crippen molar-refractivity contribution in [1.82, 2.24) is 24.8 Å². The van der Waals surface area contributed by atoms with Crippen molar-refractivity contribution >= 4 is 56.2 Å². The maximum Gasteiger partial charge on any atom is 0.408 e. The molecule has 6 rings (SSSR count). The Morgan fingerprint density at radius 3 is 2.44 bits per heavy atom. The first-order valence-corrected chi connectivity index (χ1v) is 22.1. The number of carbonyl (C=O) groups is 4. The van der Waals surface area contributed by atoms with E-state index in [2.05, 4.69) is 15.0 Å². The fourth-order valence-electron chi connectivity index (χ4n) is 8.30. The molecule has 7 atom stereocenters. The Morgan fingerprint density at radius 2 is 1.81 bits per heavy atom. The van der Waals surface area contributed by atoms with Crippen LogP contribution in [0.2, 0.25) is 5.02 Å². The van der Waals surface area contributed by atoms with Gasteiger partial charge in [0.1, 0.15) is 29.3 Å². The number of carboxylic acid groups (broad SMARTS) is 1. The zero-order valence-electron chi connectivity index (χ0n) is 34.3. The number of rotatable bonds is 10. The van der Waals surface area contributed by atoms with Crippen molar-refractivity contribution in [3.8, 4) is 11.8 Å². The van der Waals surface area contributed by atoms with Crippen LogP contribution in [0.1, 0.15) is 93.4 Å². The Morgan fingerprint density at radius 1 is 1.12 bits per heavy atom. The SMILES string of the molecule is CC(C)Oc1cc2c(Cl)cccc2c(O[C@@H]2C[C@H]3C(=O)N[C@]4(C(=O)NS(=O)(=O)C5CC5)C[C@H]4/C=C\CC[C@@H](C)C[C@@H](C)[C@H](N(C(=O)O)C(C)(C)C(C)(F)F)C(=O)N3C2)n1. The van der Waals surface area contributed by atoms with E-state index >= 15 is 13.6 Å². The standard InChI is InChI=1S/C41H54ClF2N5O9S/c1-22(2)57-32-19-29-28(13-10-14-30(29)42)35(45-32)58-26-18-31-34(50)46-41(37(52)47-59(55,56)27-15-16-27)20-25(41)12-9-8-11-23(3)17-24(4)33(36(51)48(31)21-26)49(38(53)54)39(5,6)40(7,43)44/h9-10,12-14,19,22-27,31,33H,8,11,15-18,20-21H2,1-7H3,(H,46,50)(H,47,52)(H,53,54)/b12-9-/t23-,24-,25-,26-,31+,33+,41-/m1/s1. The molecule has 0 spiro atoms. The normalized spacial score (nSPS) is 28.8. The number of aromatic nitrogens is 1. The van der Waals surface area contributed by atoms with Crippen LogP contribution >= 0.6 is 11.6 Å². The van der Waals surface area contributed by atoms with E-state index in [1.165, 1.54) is 0 Å². The van der Waals surface area contributed by atoms with Crippen molar-refractivity contribution in [2.45, 2.75) is 140 Å². The first kappa shape index (κ1) is 44.3. The highest BCUT2D eigenvalue weighted by Gasteiger charge is 2.62. The number of amides is 4. The lowest BCUT2D eigenvalue weighted by Gasteiger charge is -2.47. The van der Waals surface area contributed by atoms with E-state index in [1.807, 2.05) is 26.8 Å². The average molecular weight is 866 g/mol. The van der Waals surface area contributed by atoms with Crippen LogP contribution in [-0.4, -0.2) is 105 Å². The van der Waals surface area contributed by atoms with Gasteiger partial charge in [0, 0.05) is 41.1 Å². The van der Waals surface area contributed by atoms with Crippen molar-refractivity contribution < 1.29 is 51.0 Å². The second kappa shape index (κ2) is 16.3. The molecule has 1 saturated heterocycles. The number of hydrogen-bond donors (Lipinski definition) is 3. The lowest BCUT2D eigenvalue weighted by molar-refractivity contribution is -0.156. The highest BCUT2D eigenvalue weighted by molar-refractivity contribution is 7.91. The van der Waals surface area contributed by atoms with Crippen molar-refractivity contribution in [2.75, 3.05) is 6.54 Å². The molecule has 3 N–H and O–H groups in total. The number of allylic oxidation sites excluding steroid dienone is 1. The van der Waals surface area contributed by atoms with E-state index in [4.69, 9.17) is 21.1 Å². The molecule has 1 aromatic heterocycles. The van der Waals surface area contributed by atoms with Gasteiger partial charge in [-0.25, -0.2) is 22.0 Å². The number of alkyl halides is 2. The molecule has 324 valence electrons. The fraction of sp³-hybridized carbons (Fsp3) is 0.634. The van der Waals surface area contributed by atoms with Gasteiger partial charge in [0.2, 0.25) is 33.6 Å². The van der Waals surface area contributed by atoms with E-state index < -0.39 is 86.1 Å². The van der Waals surface area contributed by atoms with Crippen LogP contribution in [0.3, 0.4) is 0 Å². The van der Waals surface area contributed by atoms with Crippen LogP contribution in [0.25, 0.3) is 10.8 Å². The van der Waals surface area contributed by atoms with E-state index in [0.717, 1.165) is 18.7 Å². The lowest BCUT2D eigenvalue weighted by atomic mass is 9.84. The number of benzene rings is 1. The predicted octanol–water partition coefficient (Wildman–Crippen LogP) is 6.30. The molecular formula is C41H54ClF2N5O9S. The zero-order valence-corrected chi connectivity index (χ0v) is 35.9. The number of halogens is 3. The molecule has 14 nitrogen and oxygen atoms in total. The number of ether oxygens (including phenoxy) is 2. The van der Waals surface area contributed by atoms with E-state index in [9.17, 15) is 27.9 Å². The Bertz CT molecular complexity index is 2130. The van der Waals surface area contributed by atoms with Crippen LogP contribution in [0.4, 0.5) is 13.6 Å². The number of nitrogens with one attached hydrogen (secondary N) is 2. The molecule has 2 aliphatic carbocycles. The van der Waals surface area contributed by atoms with Crippen LogP contribution in [0.5, 0.6) is 11.8 Å². The molecule has 0 radical (unpaired) electrons. The van der Waals surface area contributed by atoms with Crippen molar-refractivity contribution in [2.24, 2.45) is 17.8 Å². The smallest absolute Gasteiger partial charge is 0.408 e. The second-order valence-electron chi connectivity index (χ2n) is 17.6. The minimum Gasteiger partial charge on any atom is -0.475 e. The summed E-state index contributed by atoms with van der Waals surface area (Å²) in [7, 11) is -4.01. The van der Waals surface area contributed by atoms with E-state index in [0.29, 0.717) is 53.3 Å². The van der Waals surface area contributed by atoms with Crippen LogP contribution in [0, 0.1) is 17.8 Å². The predicted molar refractivity (Wildman–Crippen MR) is 216 cm³/mol. The number of pyridine rings is 1. The Hall–Kier alpha value is -4.25. The van der Waals surface area contributed by atoms with Crippen LogP contribution in [0.15, 0.2) is 36.4 Å². The number of fused-ring (bicyclic) bond motifs is 3. The molecule has 2 aromatic rings. The molecule has 1 aromatic carbocycles. The highest BCUT2D eigenvalue weighted by atomic mass is 35.5. The molecule has 4 amide bonds. The summed E-state index contributed by atoms with van der Waals surface area (Å²) >= 11 is 6.57. The molecule has 18 heteroatoms. The number of sulfonamides is 1. The number of nitrogens with zero attached hydrogens (tertiary/aromatic N) is 3. The van der Waals surface area contributed by atoms with Gasteiger partial charge in [-0.1, -0.05) is 43.7 Å². The van der Waals surface area contributed by atoms with E-state index in [-0.39, 0.29) is 49.6 Å². The summed E-state index contributed by atoms with van der Waals surface area (Å²) in [5.41, 5.74) is -4.05. The molecule has 3 heterocycles. The van der Waals surface area contributed by atoms with Gasteiger partial charge in [0.25, 0.3) is 11.8 Å².